The van der Waals surface area contributed by atoms with Crippen LogP contribution in [0.3, 0.4) is 0 Å². The van der Waals surface area contributed by atoms with E-state index in [2.05, 4.69) is 0 Å². The number of carbonyl (C=O) groups is 3. The molecule has 4 amide bonds. The lowest BCUT2D eigenvalue weighted by atomic mass is 9.94. The second-order valence-corrected chi connectivity index (χ2v) is 7.34. The maximum absolute atomic E-state index is 13.1. The number of hydroxylamine groups is 1. The van der Waals surface area contributed by atoms with Crippen molar-refractivity contribution in [3.63, 3.8) is 0 Å². The first kappa shape index (κ1) is 19.4. The molecule has 1 aromatic rings. The van der Waals surface area contributed by atoms with E-state index in [9.17, 15) is 14.4 Å². The molecule has 1 saturated heterocycles. The zero-order valence-corrected chi connectivity index (χ0v) is 15.5. The lowest BCUT2D eigenvalue weighted by molar-refractivity contribution is -0.132. The molecule has 2 aliphatic rings. The lowest BCUT2D eigenvalue weighted by Crippen LogP contribution is -2.42. The Hall–Kier alpha value is -2.41. The first-order chi connectivity index (χ1) is 13.1. The van der Waals surface area contributed by atoms with Crippen molar-refractivity contribution in [3.05, 3.63) is 35.9 Å². The van der Waals surface area contributed by atoms with E-state index >= 15 is 0 Å². The number of benzene rings is 1. The average Bonchev–Trinajstić information content (AvgIpc) is 2.93. The molecule has 1 saturated carbocycles. The summed E-state index contributed by atoms with van der Waals surface area (Å²) < 4.78 is 0. The number of rotatable bonds is 7. The third-order valence-electron chi connectivity index (χ3n) is 5.49. The third kappa shape index (κ3) is 4.47. The SMILES string of the molecule is O=C(CCCC1C(=O)N(C2CCCCC2)C(=O)N1Cc1ccccc1)NO. The summed E-state index contributed by atoms with van der Waals surface area (Å²) in [7, 11) is 0. The van der Waals surface area contributed by atoms with Crippen LogP contribution in [-0.4, -0.2) is 44.9 Å². The number of hydrogen-bond acceptors (Lipinski definition) is 4. The van der Waals surface area contributed by atoms with Crippen LogP contribution in [0, 0.1) is 0 Å². The fraction of sp³-hybridized carbons (Fsp3) is 0.550. The molecular weight excluding hydrogens is 346 g/mol. The molecule has 2 N–H and O–H groups in total. The molecule has 7 heteroatoms. The van der Waals surface area contributed by atoms with Gasteiger partial charge in [-0.1, -0.05) is 49.6 Å². The van der Waals surface area contributed by atoms with E-state index in [4.69, 9.17) is 5.21 Å². The Morgan fingerprint density at radius 2 is 1.81 bits per heavy atom. The molecule has 1 heterocycles. The Morgan fingerprint density at radius 3 is 2.48 bits per heavy atom. The number of amides is 4. The van der Waals surface area contributed by atoms with Crippen molar-refractivity contribution in [2.45, 2.75) is 70.0 Å². The van der Waals surface area contributed by atoms with Gasteiger partial charge < -0.3 is 4.90 Å². The Balaban J connectivity index is 1.76. The van der Waals surface area contributed by atoms with Crippen LogP contribution in [0.25, 0.3) is 0 Å². The predicted molar refractivity (Wildman–Crippen MR) is 98.7 cm³/mol. The van der Waals surface area contributed by atoms with Gasteiger partial charge in [0.1, 0.15) is 6.04 Å². The van der Waals surface area contributed by atoms with Crippen LogP contribution in [-0.2, 0) is 16.1 Å². The van der Waals surface area contributed by atoms with E-state index in [1.54, 1.807) is 10.4 Å². The van der Waals surface area contributed by atoms with Gasteiger partial charge in [0.25, 0.3) is 5.91 Å². The molecule has 0 spiro atoms. The monoisotopic (exact) mass is 373 g/mol. The van der Waals surface area contributed by atoms with Crippen molar-refractivity contribution in [1.29, 1.82) is 0 Å². The van der Waals surface area contributed by atoms with E-state index in [1.165, 1.54) is 4.90 Å². The molecule has 2 fully saturated rings. The highest BCUT2D eigenvalue weighted by molar-refractivity contribution is 6.04. The molecule has 3 rings (SSSR count). The van der Waals surface area contributed by atoms with Crippen molar-refractivity contribution < 1.29 is 19.6 Å². The fourth-order valence-corrected chi connectivity index (χ4v) is 4.08. The van der Waals surface area contributed by atoms with Gasteiger partial charge in [-0.25, -0.2) is 10.3 Å². The summed E-state index contributed by atoms with van der Waals surface area (Å²) in [6.45, 7) is 0.380. The first-order valence-electron chi connectivity index (χ1n) is 9.72. The Morgan fingerprint density at radius 1 is 1.11 bits per heavy atom. The number of nitrogens with one attached hydrogen (secondary N) is 1. The van der Waals surface area contributed by atoms with Crippen molar-refractivity contribution in [2.75, 3.05) is 0 Å². The summed E-state index contributed by atoms with van der Waals surface area (Å²) in [5, 5.41) is 8.64. The van der Waals surface area contributed by atoms with Gasteiger partial charge in [0.15, 0.2) is 0 Å². The fourth-order valence-electron chi connectivity index (χ4n) is 4.08. The Bertz CT molecular complexity index is 673. The normalized spacial score (nSPS) is 21.0. The zero-order valence-electron chi connectivity index (χ0n) is 15.5. The number of hydrogen-bond donors (Lipinski definition) is 2. The van der Waals surface area contributed by atoms with E-state index in [0.29, 0.717) is 19.4 Å². The summed E-state index contributed by atoms with van der Waals surface area (Å²) in [5.41, 5.74) is 2.58. The number of imide groups is 1. The maximum atomic E-state index is 13.1. The molecule has 27 heavy (non-hydrogen) atoms. The van der Waals surface area contributed by atoms with Gasteiger partial charge in [-0.2, -0.15) is 0 Å². The summed E-state index contributed by atoms with van der Waals surface area (Å²) in [6, 6.07) is 8.85. The van der Waals surface area contributed by atoms with Gasteiger partial charge in [0.2, 0.25) is 5.91 Å². The van der Waals surface area contributed by atoms with E-state index < -0.39 is 11.9 Å². The van der Waals surface area contributed by atoms with Crippen LogP contribution in [0.4, 0.5) is 4.79 Å². The van der Waals surface area contributed by atoms with Crippen LogP contribution < -0.4 is 5.48 Å². The van der Waals surface area contributed by atoms with Gasteiger partial charge in [-0.3, -0.25) is 19.7 Å². The molecule has 1 aliphatic heterocycles. The summed E-state index contributed by atoms with van der Waals surface area (Å²) in [6.07, 6.45) is 5.95. The zero-order chi connectivity index (χ0) is 19.2. The Labute approximate surface area is 159 Å². The Kier molecular flexibility index (Phi) is 6.45. The van der Waals surface area contributed by atoms with Crippen LogP contribution in [0.2, 0.25) is 0 Å². The molecule has 1 aromatic carbocycles. The average molecular weight is 373 g/mol. The minimum Gasteiger partial charge on any atom is -0.308 e. The van der Waals surface area contributed by atoms with Gasteiger partial charge >= 0.3 is 6.03 Å². The largest absolute Gasteiger partial charge is 0.328 e. The number of nitrogens with zero attached hydrogens (tertiary/aromatic N) is 2. The van der Waals surface area contributed by atoms with Crippen molar-refractivity contribution in [1.82, 2.24) is 15.3 Å². The first-order valence-corrected chi connectivity index (χ1v) is 9.72. The van der Waals surface area contributed by atoms with Crippen LogP contribution in [0.1, 0.15) is 56.9 Å². The number of urea groups is 1. The highest BCUT2D eigenvalue weighted by atomic mass is 16.5. The van der Waals surface area contributed by atoms with E-state index in [0.717, 1.165) is 37.7 Å². The predicted octanol–water partition coefficient (Wildman–Crippen LogP) is 2.83. The molecule has 1 atom stereocenters. The van der Waals surface area contributed by atoms with Gasteiger partial charge in [-0.15, -0.1) is 0 Å². The maximum Gasteiger partial charge on any atom is 0.328 e. The molecule has 1 aliphatic carbocycles. The van der Waals surface area contributed by atoms with Crippen LogP contribution in [0.15, 0.2) is 30.3 Å². The number of carbonyl (C=O) groups excluding carboxylic acids is 3. The molecule has 0 aromatic heterocycles. The molecule has 0 radical (unpaired) electrons. The van der Waals surface area contributed by atoms with E-state index in [1.807, 2.05) is 30.3 Å². The van der Waals surface area contributed by atoms with Gasteiger partial charge in [0.05, 0.1) is 0 Å². The quantitative estimate of drug-likeness (QED) is 0.437. The second-order valence-electron chi connectivity index (χ2n) is 7.34. The molecule has 146 valence electrons. The van der Waals surface area contributed by atoms with Crippen LogP contribution >= 0.6 is 0 Å². The van der Waals surface area contributed by atoms with Crippen molar-refractivity contribution in [3.8, 4) is 0 Å². The minimum absolute atomic E-state index is 0.0113. The molecule has 1 unspecified atom stereocenters. The smallest absolute Gasteiger partial charge is 0.308 e. The van der Waals surface area contributed by atoms with Crippen molar-refractivity contribution >= 4 is 17.8 Å². The summed E-state index contributed by atoms with van der Waals surface area (Å²) in [5.74, 6) is -0.627. The van der Waals surface area contributed by atoms with E-state index in [-0.39, 0.29) is 24.4 Å². The lowest BCUT2D eigenvalue weighted by Gasteiger charge is -2.29. The summed E-state index contributed by atoms with van der Waals surface area (Å²) in [4.78, 5) is 40.6. The molecule has 7 nitrogen and oxygen atoms in total. The van der Waals surface area contributed by atoms with Gasteiger partial charge in [0, 0.05) is 19.0 Å². The highest BCUT2D eigenvalue weighted by Crippen LogP contribution is 2.31. The van der Waals surface area contributed by atoms with Crippen molar-refractivity contribution in [2.24, 2.45) is 0 Å². The third-order valence-corrected chi connectivity index (χ3v) is 5.49. The minimum atomic E-state index is -0.550. The van der Waals surface area contributed by atoms with Gasteiger partial charge in [-0.05, 0) is 31.2 Å². The van der Waals surface area contributed by atoms with Crippen LogP contribution in [0.5, 0.6) is 0 Å². The molecular formula is C20H27N3O4. The summed E-state index contributed by atoms with van der Waals surface area (Å²) >= 11 is 0. The highest BCUT2D eigenvalue weighted by Gasteiger charge is 2.47. The molecule has 0 bridgehead atoms. The standard InChI is InChI=1S/C20H27N3O4/c24-18(21-27)13-7-12-17-19(25)23(16-10-5-2-6-11-16)20(26)22(17)14-15-8-3-1-4-9-15/h1,3-4,8-9,16-17,27H,2,5-7,10-14H2,(H,21,24). The second kappa shape index (κ2) is 8.99. The topological polar surface area (TPSA) is 90.0 Å².